The molecule has 2 aromatic carbocycles. The molecule has 0 radical (unpaired) electrons. The average Bonchev–Trinajstić information content (AvgIpc) is 3.16. The highest BCUT2D eigenvalue weighted by atomic mass is 16.6. The van der Waals surface area contributed by atoms with Crippen LogP contribution in [0, 0.1) is 0 Å². The van der Waals surface area contributed by atoms with Gasteiger partial charge in [0.1, 0.15) is 13.2 Å². The SMILES string of the molecule is O=C(OCc1ccccc1)c1ccc(C(=O)OCc2ccccc2)o1. The van der Waals surface area contributed by atoms with Crippen LogP contribution in [0.3, 0.4) is 0 Å². The van der Waals surface area contributed by atoms with Gasteiger partial charge in [-0.3, -0.25) is 0 Å². The van der Waals surface area contributed by atoms with Crippen LogP contribution >= 0.6 is 0 Å². The topological polar surface area (TPSA) is 65.7 Å². The number of hydrogen-bond acceptors (Lipinski definition) is 5. The summed E-state index contributed by atoms with van der Waals surface area (Å²) in [5.41, 5.74) is 1.73. The van der Waals surface area contributed by atoms with Gasteiger partial charge >= 0.3 is 11.9 Å². The van der Waals surface area contributed by atoms with E-state index in [4.69, 9.17) is 13.9 Å². The van der Waals surface area contributed by atoms with Crippen molar-refractivity contribution in [1.82, 2.24) is 0 Å². The van der Waals surface area contributed by atoms with Gasteiger partial charge in [-0.05, 0) is 23.3 Å². The van der Waals surface area contributed by atoms with Crippen LogP contribution in [0.1, 0.15) is 32.2 Å². The van der Waals surface area contributed by atoms with Crippen molar-refractivity contribution in [2.75, 3.05) is 0 Å². The van der Waals surface area contributed by atoms with Crippen LogP contribution in [-0.4, -0.2) is 11.9 Å². The summed E-state index contributed by atoms with van der Waals surface area (Å²) in [7, 11) is 0. The first-order valence-corrected chi connectivity index (χ1v) is 7.74. The van der Waals surface area contributed by atoms with E-state index in [1.807, 2.05) is 60.7 Å². The molecule has 0 aliphatic rings. The number of rotatable bonds is 6. The Bertz CT molecular complexity index is 767. The van der Waals surface area contributed by atoms with E-state index in [1.165, 1.54) is 12.1 Å². The fourth-order valence-electron chi connectivity index (χ4n) is 2.15. The molecule has 5 heteroatoms. The minimum Gasteiger partial charge on any atom is -0.455 e. The molecule has 0 saturated heterocycles. The van der Waals surface area contributed by atoms with Gasteiger partial charge in [-0.25, -0.2) is 9.59 Å². The van der Waals surface area contributed by atoms with Gasteiger partial charge < -0.3 is 13.9 Å². The Hall–Kier alpha value is -3.34. The van der Waals surface area contributed by atoms with Crippen LogP contribution in [0.5, 0.6) is 0 Å². The molecule has 3 aromatic rings. The largest absolute Gasteiger partial charge is 0.455 e. The summed E-state index contributed by atoms with van der Waals surface area (Å²) < 4.78 is 15.5. The molecule has 0 amide bonds. The molecular formula is C20H16O5. The van der Waals surface area contributed by atoms with Crippen LogP contribution in [0.15, 0.2) is 77.2 Å². The van der Waals surface area contributed by atoms with Gasteiger partial charge in [0, 0.05) is 0 Å². The molecule has 0 bridgehead atoms. The normalized spacial score (nSPS) is 10.2. The maximum atomic E-state index is 12.0. The Morgan fingerprint density at radius 1 is 0.640 bits per heavy atom. The van der Waals surface area contributed by atoms with Crippen molar-refractivity contribution in [3.05, 3.63) is 95.4 Å². The summed E-state index contributed by atoms with van der Waals surface area (Å²) in [4.78, 5) is 23.9. The lowest BCUT2D eigenvalue weighted by molar-refractivity contribution is 0.0400. The first kappa shape index (κ1) is 16.5. The number of carbonyl (C=O) groups excluding carboxylic acids is 2. The lowest BCUT2D eigenvalue weighted by Crippen LogP contribution is -2.05. The van der Waals surface area contributed by atoms with Gasteiger partial charge in [-0.15, -0.1) is 0 Å². The summed E-state index contributed by atoms with van der Waals surface area (Å²) in [6.45, 7) is 0.266. The summed E-state index contributed by atoms with van der Waals surface area (Å²) in [6, 6.07) is 21.4. The molecule has 0 atom stereocenters. The van der Waals surface area contributed by atoms with Crippen LogP contribution in [0.2, 0.25) is 0 Å². The third kappa shape index (κ3) is 4.57. The van der Waals surface area contributed by atoms with E-state index in [2.05, 4.69) is 0 Å². The fourth-order valence-corrected chi connectivity index (χ4v) is 2.15. The smallest absolute Gasteiger partial charge is 0.374 e. The Labute approximate surface area is 144 Å². The Balaban J connectivity index is 1.54. The second kappa shape index (κ2) is 7.97. The number of esters is 2. The molecule has 0 saturated carbocycles. The number of carbonyl (C=O) groups is 2. The quantitative estimate of drug-likeness (QED) is 0.637. The van der Waals surface area contributed by atoms with Crippen molar-refractivity contribution in [2.45, 2.75) is 13.2 Å². The van der Waals surface area contributed by atoms with E-state index in [9.17, 15) is 9.59 Å². The molecule has 5 nitrogen and oxygen atoms in total. The van der Waals surface area contributed by atoms with Crippen LogP contribution in [0.25, 0.3) is 0 Å². The molecule has 0 spiro atoms. The van der Waals surface area contributed by atoms with Gasteiger partial charge in [-0.1, -0.05) is 60.7 Å². The van der Waals surface area contributed by atoms with Gasteiger partial charge in [-0.2, -0.15) is 0 Å². The van der Waals surface area contributed by atoms with E-state index in [0.717, 1.165) is 11.1 Å². The first-order chi connectivity index (χ1) is 12.2. The molecule has 0 aliphatic heterocycles. The van der Waals surface area contributed by atoms with Gasteiger partial charge in [0.2, 0.25) is 11.5 Å². The first-order valence-electron chi connectivity index (χ1n) is 7.74. The van der Waals surface area contributed by atoms with Crippen molar-refractivity contribution in [3.8, 4) is 0 Å². The van der Waals surface area contributed by atoms with E-state index < -0.39 is 11.9 Å². The van der Waals surface area contributed by atoms with Crippen LogP contribution in [0.4, 0.5) is 0 Å². The highest BCUT2D eigenvalue weighted by molar-refractivity contribution is 5.90. The maximum Gasteiger partial charge on any atom is 0.374 e. The molecule has 25 heavy (non-hydrogen) atoms. The second-order valence-corrected chi connectivity index (χ2v) is 5.29. The monoisotopic (exact) mass is 336 g/mol. The van der Waals surface area contributed by atoms with Crippen LogP contribution in [-0.2, 0) is 22.7 Å². The zero-order chi connectivity index (χ0) is 17.5. The Kier molecular flexibility index (Phi) is 5.26. The minimum atomic E-state index is -0.633. The van der Waals surface area contributed by atoms with Crippen molar-refractivity contribution in [2.24, 2.45) is 0 Å². The molecule has 1 heterocycles. The lowest BCUT2D eigenvalue weighted by Gasteiger charge is -2.03. The zero-order valence-electron chi connectivity index (χ0n) is 13.4. The third-order valence-electron chi connectivity index (χ3n) is 3.43. The Morgan fingerprint density at radius 2 is 1.04 bits per heavy atom. The zero-order valence-corrected chi connectivity index (χ0v) is 13.4. The molecule has 0 unspecified atom stereocenters. The van der Waals surface area contributed by atoms with E-state index in [1.54, 1.807) is 0 Å². The highest BCUT2D eigenvalue weighted by Crippen LogP contribution is 2.13. The van der Waals surface area contributed by atoms with Crippen molar-refractivity contribution in [1.29, 1.82) is 0 Å². The van der Waals surface area contributed by atoms with Crippen LogP contribution < -0.4 is 0 Å². The molecule has 0 aliphatic carbocycles. The summed E-state index contributed by atoms with van der Waals surface area (Å²) in [5, 5.41) is 0. The molecule has 0 N–H and O–H groups in total. The van der Waals surface area contributed by atoms with E-state index in [0.29, 0.717) is 0 Å². The van der Waals surface area contributed by atoms with Gasteiger partial charge in [0.05, 0.1) is 0 Å². The molecular weight excluding hydrogens is 320 g/mol. The lowest BCUT2D eigenvalue weighted by atomic mass is 10.2. The van der Waals surface area contributed by atoms with E-state index in [-0.39, 0.29) is 24.7 Å². The second-order valence-electron chi connectivity index (χ2n) is 5.29. The molecule has 126 valence electrons. The number of ether oxygens (including phenoxy) is 2. The van der Waals surface area contributed by atoms with E-state index >= 15 is 0 Å². The highest BCUT2D eigenvalue weighted by Gasteiger charge is 2.18. The number of furan rings is 1. The van der Waals surface area contributed by atoms with Crippen molar-refractivity contribution in [3.63, 3.8) is 0 Å². The van der Waals surface area contributed by atoms with Crippen molar-refractivity contribution >= 4 is 11.9 Å². The molecule has 0 fully saturated rings. The number of hydrogen-bond donors (Lipinski definition) is 0. The third-order valence-corrected chi connectivity index (χ3v) is 3.43. The number of benzene rings is 2. The summed E-state index contributed by atoms with van der Waals surface area (Å²) >= 11 is 0. The maximum absolute atomic E-state index is 12.0. The predicted molar refractivity (Wildman–Crippen MR) is 89.8 cm³/mol. The average molecular weight is 336 g/mol. The van der Waals surface area contributed by atoms with Crippen molar-refractivity contribution < 1.29 is 23.5 Å². The summed E-state index contributed by atoms with van der Waals surface area (Å²) in [5.74, 6) is -1.35. The fraction of sp³-hybridized carbons (Fsp3) is 0.100. The summed E-state index contributed by atoms with van der Waals surface area (Å²) in [6.07, 6.45) is 0. The van der Waals surface area contributed by atoms with Gasteiger partial charge in [0.15, 0.2) is 0 Å². The minimum absolute atomic E-state index is 0.0393. The standard InChI is InChI=1S/C20H16O5/c21-19(23-13-15-7-3-1-4-8-15)17-11-12-18(25-17)20(22)24-14-16-9-5-2-6-10-16/h1-12H,13-14H2. The van der Waals surface area contributed by atoms with Gasteiger partial charge in [0.25, 0.3) is 0 Å². The molecule has 1 aromatic heterocycles. The molecule has 3 rings (SSSR count). The Morgan fingerprint density at radius 3 is 1.44 bits per heavy atom. The predicted octanol–water partition coefficient (Wildman–Crippen LogP) is 3.99.